The fourth-order valence-electron chi connectivity index (χ4n) is 2.06. The molecule has 108 valence electrons. The van der Waals surface area contributed by atoms with Crippen molar-refractivity contribution in [2.24, 2.45) is 0 Å². The normalized spacial score (nSPS) is 11.0. The third kappa shape index (κ3) is 2.32. The zero-order valence-electron chi connectivity index (χ0n) is 10.6. The number of pyridine rings is 1. The van der Waals surface area contributed by atoms with E-state index in [2.05, 4.69) is 31.2 Å². The Morgan fingerprint density at radius 2 is 2.29 bits per heavy atom. The van der Waals surface area contributed by atoms with Gasteiger partial charge >= 0.3 is 6.09 Å². The number of halogens is 3. The predicted molar refractivity (Wildman–Crippen MR) is 81.4 cm³/mol. The number of hydrogen-bond donors (Lipinski definition) is 2. The fraction of sp³-hybridized carbons (Fsp3) is 0.0769. The Bertz CT molecular complexity index is 881. The Morgan fingerprint density at radius 1 is 1.52 bits per heavy atom. The lowest BCUT2D eigenvalue weighted by atomic mass is 10.2. The second-order valence-electron chi connectivity index (χ2n) is 4.23. The van der Waals surface area contributed by atoms with Crippen LogP contribution in [-0.4, -0.2) is 23.1 Å². The maximum Gasteiger partial charge on any atom is 0.412 e. The summed E-state index contributed by atoms with van der Waals surface area (Å²) in [5.41, 5.74) is 0.924. The summed E-state index contributed by atoms with van der Waals surface area (Å²) in [6, 6.07) is 2.43. The lowest BCUT2D eigenvalue weighted by Gasteiger charge is -2.05. The van der Waals surface area contributed by atoms with Crippen LogP contribution in [0.1, 0.15) is 0 Å². The molecular formula is C13H8BrClFN3O2. The van der Waals surface area contributed by atoms with Gasteiger partial charge in [0.15, 0.2) is 5.75 Å². The van der Waals surface area contributed by atoms with Gasteiger partial charge in [0.25, 0.3) is 0 Å². The Kier molecular flexibility index (Phi) is 3.46. The third-order valence-electron chi connectivity index (χ3n) is 2.96. The van der Waals surface area contributed by atoms with E-state index in [4.69, 9.17) is 16.3 Å². The van der Waals surface area contributed by atoms with Crippen molar-refractivity contribution >= 4 is 55.6 Å². The van der Waals surface area contributed by atoms with Crippen molar-refractivity contribution < 1.29 is 13.9 Å². The van der Waals surface area contributed by atoms with Crippen LogP contribution < -0.4 is 10.1 Å². The van der Waals surface area contributed by atoms with E-state index in [9.17, 15) is 9.18 Å². The molecule has 0 bridgehead atoms. The van der Waals surface area contributed by atoms with Gasteiger partial charge in [0.1, 0.15) is 11.5 Å². The zero-order valence-corrected chi connectivity index (χ0v) is 13.0. The first-order valence-corrected chi connectivity index (χ1v) is 7.03. The smallest absolute Gasteiger partial charge is 0.408 e. The number of aromatic amines is 1. The summed E-state index contributed by atoms with van der Waals surface area (Å²) in [5, 5.41) is 3.76. The van der Waals surface area contributed by atoms with E-state index in [-0.39, 0.29) is 5.75 Å². The molecule has 2 heterocycles. The van der Waals surface area contributed by atoms with Crippen molar-refractivity contribution in [1.82, 2.24) is 15.3 Å². The number of nitrogens with one attached hydrogen (secondary N) is 2. The number of ether oxygens (including phenoxy) is 1. The maximum absolute atomic E-state index is 13.8. The lowest BCUT2D eigenvalue weighted by Crippen LogP contribution is -2.22. The summed E-state index contributed by atoms with van der Waals surface area (Å²) in [7, 11) is 1.42. The highest BCUT2D eigenvalue weighted by Gasteiger charge is 2.17. The van der Waals surface area contributed by atoms with Crippen molar-refractivity contribution in [3.63, 3.8) is 0 Å². The third-order valence-corrected chi connectivity index (χ3v) is 4.18. The first-order chi connectivity index (χ1) is 10.0. The van der Waals surface area contributed by atoms with Crippen LogP contribution in [0, 0.1) is 5.82 Å². The summed E-state index contributed by atoms with van der Waals surface area (Å²) in [5.74, 6) is -0.479. The van der Waals surface area contributed by atoms with Crippen molar-refractivity contribution in [3.05, 3.63) is 33.6 Å². The molecule has 0 saturated heterocycles. The molecule has 1 aromatic carbocycles. The molecule has 21 heavy (non-hydrogen) atoms. The van der Waals surface area contributed by atoms with E-state index in [1.165, 1.54) is 19.3 Å². The Morgan fingerprint density at radius 3 is 3.00 bits per heavy atom. The Hall–Kier alpha value is -1.86. The molecule has 0 aliphatic carbocycles. The van der Waals surface area contributed by atoms with Gasteiger partial charge in [-0.25, -0.2) is 14.2 Å². The SMILES string of the molecule is CNC(=O)Oc1cc(F)cc2c1[nH]c1ncc(Br)c(Cl)c12. The molecule has 0 radical (unpaired) electrons. The standard InChI is InChI=1S/C13H8BrClFN3O2/c1-17-13(20)21-8-3-5(16)2-6-9-10(15)7(14)4-18-12(9)19-11(6)8/h2-4H,1H3,(H,17,20)(H,18,19). The van der Waals surface area contributed by atoms with E-state index < -0.39 is 11.9 Å². The lowest BCUT2D eigenvalue weighted by molar-refractivity contribution is 0.203. The topological polar surface area (TPSA) is 67.0 Å². The predicted octanol–water partition coefficient (Wildman–Crippen LogP) is 3.99. The van der Waals surface area contributed by atoms with Gasteiger partial charge in [-0.2, -0.15) is 0 Å². The van der Waals surface area contributed by atoms with Gasteiger partial charge in [-0.3, -0.25) is 0 Å². The van der Waals surface area contributed by atoms with Crippen molar-refractivity contribution in [3.8, 4) is 5.75 Å². The summed E-state index contributed by atoms with van der Waals surface area (Å²) in [6.07, 6.45) is 0.844. The van der Waals surface area contributed by atoms with Crippen molar-refractivity contribution in [1.29, 1.82) is 0 Å². The van der Waals surface area contributed by atoms with Gasteiger partial charge in [-0.15, -0.1) is 0 Å². The highest BCUT2D eigenvalue weighted by molar-refractivity contribution is 9.10. The number of nitrogens with zero attached hydrogens (tertiary/aromatic N) is 1. The van der Waals surface area contributed by atoms with Crippen LogP contribution in [0.4, 0.5) is 9.18 Å². The van der Waals surface area contributed by atoms with Crippen molar-refractivity contribution in [2.45, 2.75) is 0 Å². The average molecular weight is 373 g/mol. The number of H-pyrrole nitrogens is 1. The van der Waals surface area contributed by atoms with Crippen LogP contribution in [0.25, 0.3) is 21.9 Å². The number of aromatic nitrogens is 2. The number of benzene rings is 1. The van der Waals surface area contributed by atoms with E-state index >= 15 is 0 Å². The molecule has 3 rings (SSSR count). The minimum Gasteiger partial charge on any atom is -0.408 e. The zero-order chi connectivity index (χ0) is 15.1. The summed E-state index contributed by atoms with van der Waals surface area (Å²) < 4.78 is 19.4. The number of amides is 1. The minimum absolute atomic E-state index is 0.0644. The highest BCUT2D eigenvalue weighted by atomic mass is 79.9. The van der Waals surface area contributed by atoms with E-state index in [0.29, 0.717) is 31.4 Å². The molecule has 2 aromatic heterocycles. The van der Waals surface area contributed by atoms with Gasteiger partial charge in [0.05, 0.1) is 15.0 Å². The summed E-state index contributed by atoms with van der Waals surface area (Å²) in [4.78, 5) is 18.5. The van der Waals surface area contributed by atoms with E-state index in [0.717, 1.165) is 6.07 Å². The quantitative estimate of drug-likeness (QED) is 0.679. The van der Waals surface area contributed by atoms with Crippen LogP contribution in [0.15, 0.2) is 22.8 Å². The molecule has 5 nitrogen and oxygen atoms in total. The monoisotopic (exact) mass is 371 g/mol. The van der Waals surface area contributed by atoms with Gasteiger partial charge in [-0.05, 0) is 22.0 Å². The maximum atomic E-state index is 13.8. The first kappa shape index (κ1) is 14.1. The molecule has 1 amide bonds. The highest BCUT2D eigenvalue weighted by Crippen LogP contribution is 2.38. The van der Waals surface area contributed by atoms with Gasteiger partial charge in [0, 0.05) is 30.1 Å². The van der Waals surface area contributed by atoms with Gasteiger partial charge in [0.2, 0.25) is 0 Å². The number of fused-ring (bicyclic) bond motifs is 3. The van der Waals surface area contributed by atoms with Gasteiger partial charge in [-0.1, -0.05) is 11.6 Å². The molecule has 0 fully saturated rings. The van der Waals surface area contributed by atoms with Crippen LogP contribution >= 0.6 is 27.5 Å². The summed E-state index contributed by atoms with van der Waals surface area (Å²) >= 11 is 9.51. The molecule has 8 heteroatoms. The molecule has 0 atom stereocenters. The molecule has 0 aliphatic rings. The number of carbonyl (C=O) groups is 1. The molecule has 0 unspecified atom stereocenters. The minimum atomic E-state index is -0.694. The van der Waals surface area contributed by atoms with E-state index in [1.54, 1.807) is 0 Å². The molecule has 3 aromatic rings. The van der Waals surface area contributed by atoms with Crippen LogP contribution in [0.2, 0.25) is 5.02 Å². The summed E-state index contributed by atoms with van der Waals surface area (Å²) in [6.45, 7) is 0. The van der Waals surface area contributed by atoms with Crippen LogP contribution in [0.5, 0.6) is 5.75 Å². The average Bonchev–Trinajstić information content (AvgIpc) is 2.82. The molecule has 0 spiro atoms. The number of carbonyl (C=O) groups excluding carboxylic acids is 1. The van der Waals surface area contributed by atoms with Crippen molar-refractivity contribution in [2.75, 3.05) is 7.05 Å². The Labute approximate surface area is 131 Å². The first-order valence-electron chi connectivity index (χ1n) is 5.85. The molecule has 0 aliphatic heterocycles. The largest absolute Gasteiger partial charge is 0.412 e. The molecule has 2 N–H and O–H groups in total. The van der Waals surface area contributed by atoms with Crippen LogP contribution in [0.3, 0.4) is 0 Å². The van der Waals surface area contributed by atoms with E-state index in [1.807, 2.05) is 0 Å². The molecular weight excluding hydrogens is 365 g/mol. The van der Waals surface area contributed by atoms with Crippen LogP contribution in [-0.2, 0) is 0 Å². The molecule has 0 saturated carbocycles. The number of hydrogen-bond acceptors (Lipinski definition) is 3. The second-order valence-corrected chi connectivity index (χ2v) is 5.47. The second kappa shape index (κ2) is 5.16. The number of rotatable bonds is 1. The Balaban J connectivity index is 2.36. The van der Waals surface area contributed by atoms with Gasteiger partial charge < -0.3 is 15.0 Å². The fourth-order valence-corrected chi connectivity index (χ4v) is 2.60.